The molecule has 1 amide bonds. The first kappa shape index (κ1) is 18.6. The van der Waals surface area contributed by atoms with Gasteiger partial charge in [-0.2, -0.15) is 0 Å². The largest absolute Gasteiger partial charge is 0.350 e. The minimum atomic E-state index is -0.315. The molecule has 2 aromatic carbocycles. The van der Waals surface area contributed by atoms with Crippen LogP contribution in [0.1, 0.15) is 24.1 Å². The van der Waals surface area contributed by atoms with Crippen molar-refractivity contribution in [2.24, 2.45) is 0 Å². The number of aryl methyl sites for hydroxylation is 1. The Morgan fingerprint density at radius 3 is 2.82 bits per heavy atom. The maximum absolute atomic E-state index is 13.5. The molecule has 1 fully saturated rings. The highest BCUT2D eigenvalue weighted by Gasteiger charge is 2.32. The highest BCUT2D eigenvalue weighted by Crippen LogP contribution is 2.26. The lowest BCUT2D eigenvalue weighted by Crippen LogP contribution is -2.43. The van der Waals surface area contributed by atoms with Gasteiger partial charge in [0.2, 0.25) is 11.9 Å². The number of aromatic nitrogens is 2. The SMILES string of the molecule is Cc1nc(N2CCCC2C(=O)NCc2ccc(Cl)cc2)nc2ccc(F)cc12. The molecule has 1 aliphatic rings. The summed E-state index contributed by atoms with van der Waals surface area (Å²) in [6, 6.07) is 11.6. The predicted octanol–water partition coefficient (Wildman–Crippen LogP) is 4.02. The molecular weight excluding hydrogens is 379 g/mol. The fourth-order valence-corrected chi connectivity index (χ4v) is 3.68. The number of halogens is 2. The van der Waals surface area contributed by atoms with E-state index in [0.717, 1.165) is 18.4 Å². The number of rotatable bonds is 4. The fraction of sp³-hybridized carbons (Fsp3) is 0.286. The second kappa shape index (κ2) is 7.72. The molecule has 2 heterocycles. The zero-order chi connectivity index (χ0) is 19.7. The molecule has 0 radical (unpaired) electrons. The van der Waals surface area contributed by atoms with Crippen molar-refractivity contribution >= 4 is 34.4 Å². The monoisotopic (exact) mass is 398 g/mol. The number of fused-ring (bicyclic) bond motifs is 1. The van der Waals surface area contributed by atoms with Gasteiger partial charge in [-0.1, -0.05) is 23.7 Å². The highest BCUT2D eigenvalue weighted by molar-refractivity contribution is 6.30. The van der Waals surface area contributed by atoms with Crippen LogP contribution in [0.3, 0.4) is 0 Å². The van der Waals surface area contributed by atoms with E-state index in [4.69, 9.17) is 11.6 Å². The average Bonchev–Trinajstić information content (AvgIpc) is 3.18. The number of hydrogen-bond acceptors (Lipinski definition) is 4. The van der Waals surface area contributed by atoms with Crippen LogP contribution in [0, 0.1) is 12.7 Å². The van der Waals surface area contributed by atoms with E-state index in [9.17, 15) is 9.18 Å². The third-order valence-electron chi connectivity index (χ3n) is 5.03. The Balaban J connectivity index is 1.52. The van der Waals surface area contributed by atoms with Crippen molar-refractivity contribution < 1.29 is 9.18 Å². The smallest absolute Gasteiger partial charge is 0.243 e. The van der Waals surface area contributed by atoms with Gasteiger partial charge in [0, 0.05) is 23.5 Å². The van der Waals surface area contributed by atoms with Gasteiger partial charge in [0.05, 0.1) is 11.2 Å². The molecule has 1 atom stereocenters. The van der Waals surface area contributed by atoms with Crippen LogP contribution in [0.5, 0.6) is 0 Å². The van der Waals surface area contributed by atoms with E-state index in [1.54, 1.807) is 18.2 Å². The molecule has 1 saturated heterocycles. The zero-order valence-electron chi connectivity index (χ0n) is 15.5. The van der Waals surface area contributed by atoms with Gasteiger partial charge in [-0.25, -0.2) is 14.4 Å². The van der Waals surface area contributed by atoms with Crippen molar-refractivity contribution in [3.63, 3.8) is 0 Å². The second-order valence-electron chi connectivity index (χ2n) is 6.97. The van der Waals surface area contributed by atoms with Crippen LogP contribution < -0.4 is 10.2 Å². The Labute approximate surface area is 167 Å². The first-order valence-electron chi connectivity index (χ1n) is 9.24. The molecule has 0 spiro atoms. The van der Waals surface area contributed by atoms with Crippen LogP contribution in [0.25, 0.3) is 10.9 Å². The van der Waals surface area contributed by atoms with Gasteiger partial charge in [0.15, 0.2) is 0 Å². The zero-order valence-corrected chi connectivity index (χ0v) is 16.2. The van der Waals surface area contributed by atoms with E-state index in [-0.39, 0.29) is 17.8 Å². The molecule has 0 bridgehead atoms. The molecule has 4 rings (SSSR count). The normalized spacial score (nSPS) is 16.5. The first-order valence-corrected chi connectivity index (χ1v) is 9.62. The quantitative estimate of drug-likeness (QED) is 0.721. The predicted molar refractivity (Wildman–Crippen MR) is 108 cm³/mol. The summed E-state index contributed by atoms with van der Waals surface area (Å²) in [6.45, 7) is 2.99. The summed E-state index contributed by atoms with van der Waals surface area (Å²) < 4.78 is 13.5. The Morgan fingerprint density at radius 2 is 2.04 bits per heavy atom. The Hall–Kier alpha value is -2.73. The minimum Gasteiger partial charge on any atom is -0.350 e. The summed E-state index contributed by atoms with van der Waals surface area (Å²) >= 11 is 5.90. The van der Waals surface area contributed by atoms with Crippen molar-refractivity contribution in [1.29, 1.82) is 0 Å². The molecule has 1 aromatic heterocycles. The van der Waals surface area contributed by atoms with E-state index in [1.807, 2.05) is 24.0 Å². The summed E-state index contributed by atoms with van der Waals surface area (Å²) in [7, 11) is 0. The van der Waals surface area contributed by atoms with Gasteiger partial charge < -0.3 is 10.2 Å². The van der Waals surface area contributed by atoms with Crippen molar-refractivity contribution in [3.8, 4) is 0 Å². The summed E-state index contributed by atoms with van der Waals surface area (Å²) in [4.78, 5) is 23.8. The highest BCUT2D eigenvalue weighted by atomic mass is 35.5. The van der Waals surface area contributed by atoms with Crippen molar-refractivity contribution in [3.05, 3.63) is 64.6 Å². The lowest BCUT2D eigenvalue weighted by atomic mass is 10.2. The summed E-state index contributed by atoms with van der Waals surface area (Å²) in [6.07, 6.45) is 1.64. The number of amides is 1. The Kier molecular flexibility index (Phi) is 5.13. The van der Waals surface area contributed by atoms with Crippen LogP contribution in [-0.2, 0) is 11.3 Å². The lowest BCUT2D eigenvalue weighted by molar-refractivity contribution is -0.122. The summed E-state index contributed by atoms with van der Waals surface area (Å²) in [5.74, 6) is 0.154. The standard InChI is InChI=1S/C21H20ClFN4O/c1-13-17-11-16(23)8-9-18(17)26-21(25-13)27-10-2-3-19(27)20(28)24-12-14-4-6-15(22)7-5-14/h4-9,11,19H,2-3,10,12H2,1H3,(H,24,28). The van der Waals surface area contributed by atoms with Crippen LogP contribution in [0.15, 0.2) is 42.5 Å². The third-order valence-corrected chi connectivity index (χ3v) is 5.28. The molecule has 1 aliphatic heterocycles. The van der Waals surface area contributed by atoms with E-state index in [2.05, 4.69) is 15.3 Å². The molecule has 0 saturated carbocycles. The number of anilines is 1. The minimum absolute atomic E-state index is 0.0482. The van der Waals surface area contributed by atoms with Crippen LogP contribution in [-0.4, -0.2) is 28.5 Å². The van der Waals surface area contributed by atoms with Gasteiger partial charge in [-0.15, -0.1) is 0 Å². The number of nitrogens with zero attached hydrogens (tertiary/aromatic N) is 3. The molecule has 1 N–H and O–H groups in total. The first-order chi connectivity index (χ1) is 13.5. The molecule has 1 unspecified atom stereocenters. The molecule has 144 valence electrons. The van der Waals surface area contributed by atoms with Gasteiger partial charge in [0.1, 0.15) is 11.9 Å². The van der Waals surface area contributed by atoms with E-state index in [0.29, 0.717) is 40.7 Å². The summed E-state index contributed by atoms with van der Waals surface area (Å²) in [5.41, 5.74) is 2.37. The number of nitrogens with one attached hydrogen (secondary N) is 1. The third kappa shape index (κ3) is 3.78. The van der Waals surface area contributed by atoms with Crippen LogP contribution in [0.2, 0.25) is 5.02 Å². The lowest BCUT2D eigenvalue weighted by Gasteiger charge is -2.24. The summed E-state index contributed by atoms with van der Waals surface area (Å²) in [5, 5.41) is 4.34. The number of hydrogen-bond donors (Lipinski definition) is 1. The number of carbonyl (C=O) groups is 1. The Bertz CT molecular complexity index is 1020. The topological polar surface area (TPSA) is 58.1 Å². The van der Waals surface area contributed by atoms with Crippen molar-refractivity contribution in [1.82, 2.24) is 15.3 Å². The molecule has 3 aromatic rings. The van der Waals surface area contributed by atoms with Crippen molar-refractivity contribution in [2.45, 2.75) is 32.4 Å². The van der Waals surface area contributed by atoms with E-state index < -0.39 is 0 Å². The van der Waals surface area contributed by atoms with Gasteiger partial charge >= 0.3 is 0 Å². The average molecular weight is 399 g/mol. The Morgan fingerprint density at radius 1 is 1.25 bits per heavy atom. The maximum Gasteiger partial charge on any atom is 0.243 e. The van der Waals surface area contributed by atoms with E-state index >= 15 is 0 Å². The molecular formula is C21H20ClFN4O. The molecule has 28 heavy (non-hydrogen) atoms. The van der Waals surface area contributed by atoms with Crippen LogP contribution in [0.4, 0.5) is 10.3 Å². The maximum atomic E-state index is 13.5. The van der Waals surface area contributed by atoms with Crippen LogP contribution >= 0.6 is 11.6 Å². The second-order valence-corrected chi connectivity index (χ2v) is 7.40. The van der Waals surface area contributed by atoms with Gasteiger partial charge in [-0.05, 0) is 55.7 Å². The molecule has 0 aliphatic carbocycles. The van der Waals surface area contributed by atoms with Gasteiger partial charge in [0.25, 0.3) is 0 Å². The van der Waals surface area contributed by atoms with Crippen molar-refractivity contribution in [2.75, 3.05) is 11.4 Å². The molecule has 5 nitrogen and oxygen atoms in total. The van der Waals surface area contributed by atoms with E-state index in [1.165, 1.54) is 12.1 Å². The number of carbonyl (C=O) groups excluding carboxylic acids is 1. The fourth-order valence-electron chi connectivity index (χ4n) is 3.55. The molecule has 7 heteroatoms. The van der Waals surface area contributed by atoms with Gasteiger partial charge in [-0.3, -0.25) is 4.79 Å². The number of benzene rings is 2.